The Labute approximate surface area is 117 Å². The van der Waals surface area contributed by atoms with Gasteiger partial charge in [-0.05, 0) is 37.1 Å². The van der Waals surface area contributed by atoms with E-state index in [0.29, 0.717) is 11.5 Å². The SMILES string of the molecule is CNC(CCCC(C)C)c1ccc(F)c(C(F)(F)F)c1. The molecule has 0 spiro atoms. The molecule has 1 N–H and O–H groups in total. The van der Waals surface area contributed by atoms with Gasteiger partial charge >= 0.3 is 6.18 Å². The van der Waals surface area contributed by atoms with Crippen molar-refractivity contribution >= 4 is 0 Å². The Balaban J connectivity index is 2.88. The number of benzene rings is 1. The molecule has 0 fully saturated rings. The van der Waals surface area contributed by atoms with Crippen LogP contribution >= 0.6 is 0 Å². The summed E-state index contributed by atoms with van der Waals surface area (Å²) in [5, 5.41) is 3.00. The Bertz CT molecular complexity index is 426. The summed E-state index contributed by atoms with van der Waals surface area (Å²) in [6, 6.07) is 3.04. The first kappa shape index (κ1) is 17.0. The van der Waals surface area contributed by atoms with Crippen molar-refractivity contribution in [1.82, 2.24) is 5.32 Å². The highest BCUT2D eigenvalue weighted by molar-refractivity contribution is 5.29. The van der Waals surface area contributed by atoms with Crippen LogP contribution in [0.4, 0.5) is 17.6 Å². The van der Waals surface area contributed by atoms with Crippen LogP contribution in [-0.2, 0) is 6.18 Å². The summed E-state index contributed by atoms with van der Waals surface area (Å²) < 4.78 is 51.3. The molecule has 1 aromatic carbocycles. The van der Waals surface area contributed by atoms with Crippen molar-refractivity contribution in [1.29, 1.82) is 0 Å². The van der Waals surface area contributed by atoms with Gasteiger partial charge in [-0.3, -0.25) is 0 Å². The van der Waals surface area contributed by atoms with E-state index >= 15 is 0 Å². The van der Waals surface area contributed by atoms with Crippen molar-refractivity contribution in [3.05, 3.63) is 35.1 Å². The minimum absolute atomic E-state index is 0.185. The maximum absolute atomic E-state index is 13.3. The molecular formula is C15H21F4N. The van der Waals surface area contributed by atoms with Crippen LogP contribution in [0, 0.1) is 11.7 Å². The maximum Gasteiger partial charge on any atom is 0.419 e. The molecule has 0 saturated carbocycles. The van der Waals surface area contributed by atoms with E-state index in [2.05, 4.69) is 19.2 Å². The summed E-state index contributed by atoms with van der Waals surface area (Å²) in [7, 11) is 1.71. The molecule has 5 heteroatoms. The lowest BCUT2D eigenvalue weighted by molar-refractivity contribution is -0.140. The van der Waals surface area contributed by atoms with Crippen molar-refractivity contribution < 1.29 is 17.6 Å². The molecule has 0 radical (unpaired) electrons. The molecule has 114 valence electrons. The van der Waals surface area contributed by atoms with Crippen molar-refractivity contribution in [2.75, 3.05) is 7.05 Å². The van der Waals surface area contributed by atoms with Gasteiger partial charge in [0.15, 0.2) is 0 Å². The van der Waals surface area contributed by atoms with E-state index in [1.807, 2.05) is 0 Å². The first-order chi connectivity index (χ1) is 9.25. The average Bonchev–Trinajstić information content (AvgIpc) is 2.34. The third kappa shape index (κ3) is 4.78. The number of hydrogen-bond donors (Lipinski definition) is 1. The highest BCUT2D eigenvalue weighted by atomic mass is 19.4. The molecule has 0 amide bonds. The number of rotatable bonds is 6. The molecule has 0 aromatic heterocycles. The zero-order valence-corrected chi connectivity index (χ0v) is 12.0. The first-order valence-corrected chi connectivity index (χ1v) is 6.79. The summed E-state index contributed by atoms with van der Waals surface area (Å²) >= 11 is 0. The zero-order chi connectivity index (χ0) is 15.3. The topological polar surface area (TPSA) is 12.0 Å². The van der Waals surface area contributed by atoms with E-state index in [4.69, 9.17) is 0 Å². The monoisotopic (exact) mass is 291 g/mol. The lowest BCUT2D eigenvalue weighted by atomic mass is 9.96. The van der Waals surface area contributed by atoms with Crippen LogP contribution in [0.5, 0.6) is 0 Å². The van der Waals surface area contributed by atoms with Crippen LogP contribution < -0.4 is 5.32 Å². The van der Waals surface area contributed by atoms with E-state index in [1.54, 1.807) is 7.05 Å². The van der Waals surface area contributed by atoms with Gasteiger partial charge in [0, 0.05) is 6.04 Å². The smallest absolute Gasteiger partial charge is 0.313 e. The summed E-state index contributed by atoms with van der Waals surface area (Å²) in [5.41, 5.74) is -0.718. The van der Waals surface area contributed by atoms with Gasteiger partial charge in [0.25, 0.3) is 0 Å². The van der Waals surface area contributed by atoms with Crippen molar-refractivity contribution in [2.24, 2.45) is 5.92 Å². The largest absolute Gasteiger partial charge is 0.419 e. The van der Waals surface area contributed by atoms with Crippen LogP contribution in [0.15, 0.2) is 18.2 Å². The average molecular weight is 291 g/mol. The fourth-order valence-corrected chi connectivity index (χ4v) is 2.18. The minimum atomic E-state index is -4.66. The van der Waals surface area contributed by atoms with Crippen LogP contribution in [0.1, 0.15) is 50.3 Å². The van der Waals surface area contributed by atoms with E-state index in [1.165, 1.54) is 6.07 Å². The second-order valence-electron chi connectivity index (χ2n) is 5.40. The lowest BCUT2D eigenvalue weighted by Gasteiger charge is -2.19. The third-order valence-corrected chi connectivity index (χ3v) is 3.32. The Hall–Kier alpha value is -1.10. The van der Waals surface area contributed by atoms with Gasteiger partial charge in [0.05, 0.1) is 5.56 Å². The Morgan fingerprint density at radius 1 is 1.15 bits per heavy atom. The van der Waals surface area contributed by atoms with Crippen LogP contribution in [0.3, 0.4) is 0 Å². The zero-order valence-electron chi connectivity index (χ0n) is 12.0. The Kier molecular flexibility index (Phi) is 5.99. The van der Waals surface area contributed by atoms with Crippen LogP contribution in [-0.4, -0.2) is 7.05 Å². The van der Waals surface area contributed by atoms with Crippen LogP contribution in [0.2, 0.25) is 0 Å². The molecular weight excluding hydrogens is 270 g/mol. The number of alkyl halides is 3. The van der Waals surface area contributed by atoms with Gasteiger partial charge in [-0.2, -0.15) is 13.2 Å². The first-order valence-electron chi connectivity index (χ1n) is 6.79. The normalized spacial score (nSPS) is 13.8. The van der Waals surface area contributed by atoms with E-state index in [0.717, 1.165) is 31.4 Å². The predicted molar refractivity (Wildman–Crippen MR) is 71.9 cm³/mol. The molecule has 1 nitrogen and oxygen atoms in total. The molecule has 1 rings (SSSR count). The maximum atomic E-state index is 13.3. The summed E-state index contributed by atoms with van der Waals surface area (Å²) in [4.78, 5) is 0. The molecule has 1 aromatic rings. The van der Waals surface area contributed by atoms with Gasteiger partial charge in [0.1, 0.15) is 5.82 Å². The molecule has 0 aliphatic heterocycles. The van der Waals surface area contributed by atoms with Crippen molar-refractivity contribution in [2.45, 2.75) is 45.3 Å². The predicted octanol–water partition coefficient (Wildman–Crippen LogP) is 4.93. The highest BCUT2D eigenvalue weighted by Crippen LogP contribution is 2.33. The summed E-state index contributed by atoms with van der Waals surface area (Å²) in [6.07, 6.45) is -1.98. The minimum Gasteiger partial charge on any atom is -0.313 e. The molecule has 0 bridgehead atoms. The summed E-state index contributed by atoms with van der Waals surface area (Å²) in [6.45, 7) is 4.21. The molecule has 1 atom stereocenters. The van der Waals surface area contributed by atoms with Gasteiger partial charge in [-0.15, -0.1) is 0 Å². The molecule has 0 saturated heterocycles. The number of nitrogens with one attached hydrogen (secondary N) is 1. The molecule has 20 heavy (non-hydrogen) atoms. The van der Waals surface area contributed by atoms with Crippen LogP contribution in [0.25, 0.3) is 0 Å². The standard InChI is InChI=1S/C15H21F4N/c1-10(2)5-4-6-14(20-3)11-7-8-13(16)12(9-11)15(17,18)19/h7-10,14,20H,4-6H2,1-3H3. The second-order valence-corrected chi connectivity index (χ2v) is 5.40. The molecule has 0 aliphatic rings. The van der Waals surface area contributed by atoms with Gasteiger partial charge in [-0.25, -0.2) is 4.39 Å². The van der Waals surface area contributed by atoms with Gasteiger partial charge < -0.3 is 5.32 Å². The lowest BCUT2D eigenvalue weighted by Crippen LogP contribution is -2.18. The number of hydrogen-bond acceptors (Lipinski definition) is 1. The van der Waals surface area contributed by atoms with Crippen molar-refractivity contribution in [3.8, 4) is 0 Å². The van der Waals surface area contributed by atoms with Gasteiger partial charge in [-0.1, -0.05) is 32.8 Å². The quantitative estimate of drug-likeness (QED) is 0.733. The molecule has 0 aliphatic carbocycles. The second kappa shape index (κ2) is 7.07. The highest BCUT2D eigenvalue weighted by Gasteiger charge is 2.34. The Morgan fingerprint density at radius 2 is 1.80 bits per heavy atom. The molecule has 0 heterocycles. The fourth-order valence-electron chi connectivity index (χ4n) is 2.18. The Morgan fingerprint density at radius 3 is 2.30 bits per heavy atom. The van der Waals surface area contributed by atoms with Gasteiger partial charge in [0.2, 0.25) is 0 Å². The van der Waals surface area contributed by atoms with Crippen molar-refractivity contribution in [3.63, 3.8) is 0 Å². The van der Waals surface area contributed by atoms with E-state index in [9.17, 15) is 17.6 Å². The summed E-state index contributed by atoms with van der Waals surface area (Å²) in [5.74, 6) is -0.662. The fraction of sp³-hybridized carbons (Fsp3) is 0.600. The third-order valence-electron chi connectivity index (χ3n) is 3.32. The van der Waals surface area contributed by atoms with E-state index < -0.39 is 17.6 Å². The number of halogens is 4. The van der Waals surface area contributed by atoms with E-state index in [-0.39, 0.29) is 6.04 Å². The molecule has 1 unspecified atom stereocenters.